The molecule has 1 aromatic rings. The van der Waals surface area contributed by atoms with Crippen molar-refractivity contribution in [2.24, 2.45) is 0 Å². The second-order valence-electron chi connectivity index (χ2n) is 4.28. The molecule has 0 unspecified atom stereocenters. The number of hydrogen-bond donors (Lipinski definition) is 0. The fraction of sp³-hybridized carbons (Fsp3) is 0.545. The van der Waals surface area contributed by atoms with Crippen molar-refractivity contribution in [1.82, 2.24) is 4.98 Å². The van der Waals surface area contributed by atoms with E-state index in [9.17, 15) is 0 Å². The van der Waals surface area contributed by atoms with E-state index in [1.807, 2.05) is 19.2 Å². The summed E-state index contributed by atoms with van der Waals surface area (Å²) < 4.78 is 5.31. The summed E-state index contributed by atoms with van der Waals surface area (Å²) in [6, 6.07) is 1.97. The first-order valence-corrected chi connectivity index (χ1v) is 4.46. The third kappa shape index (κ3) is 2.20. The van der Waals surface area contributed by atoms with Crippen LogP contribution in [-0.4, -0.2) is 12.1 Å². The molecule has 1 aromatic heterocycles. The van der Waals surface area contributed by atoms with Gasteiger partial charge >= 0.3 is 0 Å². The van der Waals surface area contributed by atoms with Gasteiger partial charge in [0.2, 0.25) is 0 Å². The van der Waals surface area contributed by atoms with Crippen molar-refractivity contribution >= 4 is 0 Å². The minimum Gasteiger partial charge on any atom is -0.496 e. The molecule has 0 N–H and O–H groups in total. The van der Waals surface area contributed by atoms with Crippen molar-refractivity contribution in [1.29, 1.82) is 0 Å². The fourth-order valence-corrected chi connectivity index (χ4v) is 1.27. The van der Waals surface area contributed by atoms with E-state index in [4.69, 9.17) is 4.74 Å². The monoisotopic (exact) mass is 179 g/mol. The van der Waals surface area contributed by atoms with Crippen molar-refractivity contribution in [3.8, 4) is 5.75 Å². The molecule has 0 radical (unpaired) electrons. The highest BCUT2D eigenvalue weighted by Crippen LogP contribution is 2.30. The van der Waals surface area contributed by atoms with Crippen LogP contribution in [0, 0.1) is 6.92 Å². The van der Waals surface area contributed by atoms with Crippen LogP contribution in [0.4, 0.5) is 0 Å². The van der Waals surface area contributed by atoms with Crippen LogP contribution >= 0.6 is 0 Å². The Morgan fingerprint density at radius 3 is 2.38 bits per heavy atom. The highest BCUT2D eigenvalue weighted by atomic mass is 16.5. The van der Waals surface area contributed by atoms with Crippen molar-refractivity contribution in [2.45, 2.75) is 33.1 Å². The zero-order valence-electron chi connectivity index (χ0n) is 9.01. The van der Waals surface area contributed by atoms with Crippen LogP contribution in [0.15, 0.2) is 12.3 Å². The summed E-state index contributed by atoms with van der Waals surface area (Å²) in [4.78, 5) is 4.27. The molecule has 0 atom stereocenters. The van der Waals surface area contributed by atoms with Crippen LogP contribution in [0.1, 0.15) is 32.0 Å². The predicted octanol–water partition coefficient (Wildman–Crippen LogP) is 2.70. The van der Waals surface area contributed by atoms with Gasteiger partial charge in [-0.3, -0.25) is 4.98 Å². The number of pyridine rings is 1. The summed E-state index contributed by atoms with van der Waals surface area (Å²) in [5, 5.41) is 0. The van der Waals surface area contributed by atoms with E-state index in [0.29, 0.717) is 0 Å². The molecule has 0 fully saturated rings. The number of aromatic nitrogens is 1. The second kappa shape index (κ2) is 3.36. The molecule has 0 amide bonds. The van der Waals surface area contributed by atoms with Gasteiger partial charge in [-0.15, -0.1) is 0 Å². The molecule has 0 bridgehead atoms. The maximum Gasteiger partial charge on any atom is 0.125 e. The van der Waals surface area contributed by atoms with Gasteiger partial charge in [0.1, 0.15) is 5.75 Å². The highest BCUT2D eigenvalue weighted by Gasteiger charge is 2.18. The number of nitrogens with zero attached hydrogens (tertiary/aromatic N) is 1. The molecule has 0 aliphatic heterocycles. The van der Waals surface area contributed by atoms with E-state index in [-0.39, 0.29) is 5.41 Å². The largest absolute Gasteiger partial charge is 0.496 e. The standard InChI is InChI=1S/C11H17NO/c1-8-6-10(13-5)9(7-12-8)11(2,3)4/h6-7H,1-5H3. The van der Waals surface area contributed by atoms with Gasteiger partial charge in [0.05, 0.1) is 7.11 Å². The van der Waals surface area contributed by atoms with Gasteiger partial charge in [-0.2, -0.15) is 0 Å². The predicted molar refractivity (Wildman–Crippen MR) is 54.2 cm³/mol. The summed E-state index contributed by atoms with van der Waals surface area (Å²) in [6.45, 7) is 8.43. The maximum absolute atomic E-state index is 5.31. The average Bonchev–Trinajstić information content (AvgIpc) is 2.01. The van der Waals surface area contributed by atoms with Crippen LogP contribution < -0.4 is 4.74 Å². The molecule has 0 saturated carbocycles. The first-order valence-electron chi connectivity index (χ1n) is 4.46. The third-order valence-electron chi connectivity index (χ3n) is 2.03. The lowest BCUT2D eigenvalue weighted by Crippen LogP contribution is -2.13. The van der Waals surface area contributed by atoms with Crippen molar-refractivity contribution < 1.29 is 4.74 Å². The number of ether oxygens (including phenoxy) is 1. The van der Waals surface area contributed by atoms with Crippen LogP contribution in [0.25, 0.3) is 0 Å². The van der Waals surface area contributed by atoms with Crippen LogP contribution in [0.5, 0.6) is 5.75 Å². The summed E-state index contributed by atoms with van der Waals surface area (Å²) in [5.41, 5.74) is 2.23. The summed E-state index contributed by atoms with van der Waals surface area (Å²) in [7, 11) is 1.70. The molecule has 1 rings (SSSR count). The molecule has 1 heterocycles. The number of methoxy groups -OCH3 is 1. The molecular weight excluding hydrogens is 162 g/mol. The summed E-state index contributed by atoms with van der Waals surface area (Å²) in [5.74, 6) is 0.931. The highest BCUT2D eigenvalue weighted by molar-refractivity contribution is 5.37. The summed E-state index contributed by atoms with van der Waals surface area (Å²) >= 11 is 0. The van der Waals surface area contributed by atoms with Crippen LogP contribution in [0.2, 0.25) is 0 Å². The number of rotatable bonds is 1. The third-order valence-corrected chi connectivity index (χ3v) is 2.03. The van der Waals surface area contributed by atoms with Gasteiger partial charge in [-0.05, 0) is 12.3 Å². The van der Waals surface area contributed by atoms with Crippen molar-refractivity contribution in [3.05, 3.63) is 23.5 Å². The van der Waals surface area contributed by atoms with Gasteiger partial charge in [-0.25, -0.2) is 0 Å². The van der Waals surface area contributed by atoms with Crippen molar-refractivity contribution in [2.75, 3.05) is 7.11 Å². The minimum atomic E-state index is 0.0893. The molecule has 72 valence electrons. The van der Waals surface area contributed by atoms with Gasteiger partial charge in [0, 0.05) is 23.5 Å². The van der Waals surface area contributed by atoms with Crippen LogP contribution in [0.3, 0.4) is 0 Å². The zero-order chi connectivity index (χ0) is 10.1. The summed E-state index contributed by atoms with van der Waals surface area (Å²) in [6.07, 6.45) is 1.90. The Morgan fingerprint density at radius 1 is 1.31 bits per heavy atom. The van der Waals surface area contributed by atoms with Crippen molar-refractivity contribution in [3.63, 3.8) is 0 Å². The second-order valence-corrected chi connectivity index (χ2v) is 4.28. The molecule has 13 heavy (non-hydrogen) atoms. The lowest BCUT2D eigenvalue weighted by Gasteiger charge is -2.21. The molecule has 0 aliphatic rings. The average molecular weight is 179 g/mol. The van der Waals surface area contributed by atoms with E-state index in [1.165, 1.54) is 0 Å². The van der Waals surface area contributed by atoms with Gasteiger partial charge in [0.15, 0.2) is 0 Å². The van der Waals surface area contributed by atoms with E-state index in [2.05, 4.69) is 25.8 Å². The quantitative estimate of drug-likeness (QED) is 0.661. The zero-order valence-corrected chi connectivity index (χ0v) is 9.01. The Balaban J connectivity index is 3.22. The van der Waals surface area contributed by atoms with Crippen LogP contribution in [-0.2, 0) is 5.41 Å². The fourth-order valence-electron chi connectivity index (χ4n) is 1.27. The van der Waals surface area contributed by atoms with E-state index < -0.39 is 0 Å². The molecule has 0 spiro atoms. The first kappa shape index (κ1) is 10.0. The number of aryl methyl sites for hydroxylation is 1. The number of hydrogen-bond acceptors (Lipinski definition) is 2. The SMILES string of the molecule is COc1cc(C)ncc1C(C)(C)C. The lowest BCUT2D eigenvalue weighted by atomic mass is 9.87. The van der Waals surface area contributed by atoms with Gasteiger partial charge in [0.25, 0.3) is 0 Å². The molecule has 0 saturated heterocycles. The maximum atomic E-state index is 5.31. The molecule has 0 aromatic carbocycles. The topological polar surface area (TPSA) is 22.1 Å². The molecule has 2 heteroatoms. The molecule has 0 aliphatic carbocycles. The molecular formula is C11H17NO. The van der Waals surface area contributed by atoms with Gasteiger partial charge < -0.3 is 4.74 Å². The van der Waals surface area contributed by atoms with E-state index in [1.54, 1.807) is 7.11 Å². The van der Waals surface area contributed by atoms with E-state index >= 15 is 0 Å². The van der Waals surface area contributed by atoms with E-state index in [0.717, 1.165) is 17.0 Å². The van der Waals surface area contributed by atoms with Gasteiger partial charge in [-0.1, -0.05) is 20.8 Å². The smallest absolute Gasteiger partial charge is 0.125 e. The minimum absolute atomic E-state index is 0.0893. The molecule has 2 nitrogen and oxygen atoms in total. The Bertz CT molecular complexity index is 299. The Labute approximate surface area is 80.0 Å². The Morgan fingerprint density at radius 2 is 1.92 bits per heavy atom. The Kier molecular flexibility index (Phi) is 2.60. The first-order chi connectivity index (χ1) is 5.95. The normalized spacial score (nSPS) is 11.5. The lowest BCUT2D eigenvalue weighted by molar-refractivity contribution is 0.396. The Hall–Kier alpha value is -1.05.